The molecule has 1 aromatic carbocycles. The van der Waals surface area contributed by atoms with E-state index >= 15 is 0 Å². The number of piperazine rings is 1. The largest absolute Gasteiger partial charge is 0.368 e. The van der Waals surface area contributed by atoms with Crippen LogP contribution in [0.4, 0.5) is 5.69 Å². The van der Waals surface area contributed by atoms with Crippen LogP contribution in [0.25, 0.3) is 0 Å². The molecule has 4 heteroatoms. The van der Waals surface area contributed by atoms with E-state index in [1.807, 2.05) is 0 Å². The van der Waals surface area contributed by atoms with Crippen LogP contribution in [0.5, 0.6) is 0 Å². The molecule has 112 valence electrons. The zero-order chi connectivity index (χ0) is 14.8. The van der Waals surface area contributed by atoms with E-state index in [9.17, 15) is 0 Å². The van der Waals surface area contributed by atoms with Crippen molar-refractivity contribution in [1.82, 2.24) is 10.2 Å². The maximum Gasteiger partial charge on any atom is 0.0511 e. The van der Waals surface area contributed by atoms with Crippen molar-refractivity contribution in [1.29, 1.82) is 0 Å². The van der Waals surface area contributed by atoms with Crippen molar-refractivity contribution in [3.63, 3.8) is 0 Å². The maximum absolute atomic E-state index is 3.74. The number of rotatable bonds is 3. The lowest BCUT2D eigenvalue weighted by Gasteiger charge is -2.34. The van der Waals surface area contributed by atoms with E-state index in [1.165, 1.54) is 15.7 Å². The monoisotopic (exact) mass is 339 g/mol. The van der Waals surface area contributed by atoms with Gasteiger partial charge in [-0.2, -0.15) is 0 Å². The second kappa shape index (κ2) is 6.46. The minimum absolute atomic E-state index is 0.155. The summed E-state index contributed by atoms with van der Waals surface area (Å²) in [6, 6.07) is 6.72. The Labute approximate surface area is 131 Å². The number of nitrogens with zero attached hydrogens (tertiary/aromatic N) is 2. The van der Waals surface area contributed by atoms with Crippen molar-refractivity contribution < 1.29 is 0 Å². The fourth-order valence-corrected chi connectivity index (χ4v) is 3.01. The Balaban J connectivity index is 2.02. The molecule has 0 spiro atoms. The van der Waals surface area contributed by atoms with E-state index in [2.05, 4.69) is 77.1 Å². The van der Waals surface area contributed by atoms with Crippen LogP contribution < -0.4 is 10.2 Å². The summed E-state index contributed by atoms with van der Waals surface area (Å²) in [6.07, 6.45) is 0. The van der Waals surface area contributed by atoms with Crippen molar-refractivity contribution in [2.75, 3.05) is 38.1 Å². The smallest absolute Gasteiger partial charge is 0.0511 e. The van der Waals surface area contributed by atoms with E-state index in [0.29, 0.717) is 0 Å². The predicted molar refractivity (Wildman–Crippen MR) is 90.4 cm³/mol. The molecule has 1 aliphatic rings. The van der Waals surface area contributed by atoms with Gasteiger partial charge in [-0.05, 0) is 61.4 Å². The number of benzene rings is 1. The average molecular weight is 340 g/mol. The van der Waals surface area contributed by atoms with E-state index in [-0.39, 0.29) is 5.54 Å². The zero-order valence-electron chi connectivity index (χ0n) is 13.0. The number of anilines is 1. The summed E-state index contributed by atoms with van der Waals surface area (Å²) in [7, 11) is 2.19. The summed E-state index contributed by atoms with van der Waals surface area (Å²) in [5.41, 5.74) is 2.80. The van der Waals surface area contributed by atoms with Gasteiger partial charge >= 0.3 is 0 Å². The van der Waals surface area contributed by atoms with Crippen molar-refractivity contribution in [2.24, 2.45) is 0 Å². The van der Waals surface area contributed by atoms with Crippen LogP contribution in [-0.2, 0) is 6.54 Å². The average Bonchev–Trinajstić information content (AvgIpc) is 2.37. The first-order valence-corrected chi connectivity index (χ1v) is 8.11. The minimum atomic E-state index is 0.155. The molecule has 0 saturated carbocycles. The van der Waals surface area contributed by atoms with Crippen LogP contribution >= 0.6 is 15.9 Å². The topological polar surface area (TPSA) is 18.5 Å². The lowest BCUT2D eigenvalue weighted by Crippen LogP contribution is -2.44. The molecule has 0 radical (unpaired) electrons. The molecular weight excluding hydrogens is 314 g/mol. The fraction of sp³-hybridized carbons (Fsp3) is 0.625. The Hall–Kier alpha value is -0.580. The van der Waals surface area contributed by atoms with Gasteiger partial charge in [-0.1, -0.05) is 6.07 Å². The van der Waals surface area contributed by atoms with Gasteiger partial charge in [0.25, 0.3) is 0 Å². The van der Waals surface area contributed by atoms with Crippen LogP contribution in [-0.4, -0.2) is 43.7 Å². The summed E-state index contributed by atoms with van der Waals surface area (Å²) in [5.74, 6) is 0. The second-order valence-corrected chi connectivity index (χ2v) is 7.53. The fourth-order valence-electron chi connectivity index (χ4n) is 2.33. The molecule has 0 bridgehead atoms. The van der Waals surface area contributed by atoms with Gasteiger partial charge in [0, 0.05) is 42.7 Å². The molecule has 0 unspecified atom stereocenters. The van der Waals surface area contributed by atoms with Gasteiger partial charge in [0.15, 0.2) is 0 Å². The highest BCUT2D eigenvalue weighted by molar-refractivity contribution is 9.10. The highest BCUT2D eigenvalue weighted by Crippen LogP contribution is 2.28. The second-order valence-electron chi connectivity index (χ2n) is 6.68. The Morgan fingerprint density at radius 3 is 2.35 bits per heavy atom. The minimum Gasteiger partial charge on any atom is -0.368 e. The number of likely N-dealkylation sites (N-methyl/N-ethyl adjacent to an activating group) is 1. The number of nitrogens with one attached hydrogen (secondary N) is 1. The van der Waals surface area contributed by atoms with E-state index in [1.54, 1.807) is 0 Å². The first-order chi connectivity index (χ1) is 9.35. The third-order valence-electron chi connectivity index (χ3n) is 3.68. The first kappa shape index (κ1) is 15.8. The summed E-state index contributed by atoms with van der Waals surface area (Å²) in [6.45, 7) is 12.0. The predicted octanol–water partition coefficient (Wildman–Crippen LogP) is 3.09. The molecule has 1 fully saturated rings. The highest BCUT2D eigenvalue weighted by Gasteiger charge is 2.16. The molecule has 20 heavy (non-hydrogen) atoms. The molecular formula is C16H26BrN3. The van der Waals surface area contributed by atoms with Gasteiger partial charge in [0.2, 0.25) is 0 Å². The summed E-state index contributed by atoms with van der Waals surface area (Å²) in [4.78, 5) is 4.84. The van der Waals surface area contributed by atoms with Gasteiger partial charge in [0.05, 0.1) is 5.69 Å². The highest BCUT2D eigenvalue weighted by atomic mass is 79.9. The van der Waals surface area contributed by atoms with Gasteiger partial charge in [-0.3, -0.25) is 0 Å². The number of halogens is 1. The Kier molecular flexibility index (Phi) is 5.10. The van der Waals surface area contributed by atoms with Gasteiger partial charge in [-0.25, -0.2) is 0 Å². The van der Waals surface area contributed by atoms with Crippen molar-refractivity contribution >= 4 is 21.6 Å². The van der Waals surface area contributed by atoms with E-state index in [4.69, 9.17) is 0 Å². The van der Waals surface area contributed by atoms with Crippen LogP contribution in [0.2, 0.25) is 0 Å². The SMILES string of the molecule is CN1CCN(c2ccc(CNC(C)(C)C)cc2Br)CC1. The van der Waals surface area contributed by atoms with Crippen LogP contribution in [0.15, 0.2) is 22.7 Å². The van der Waals surface area contributed by atoms with Crippen LogP contribution in [0.3, 0.4) is 0 Å². The standard InChI is InChI=1S/C16H26BrN3/c1-16(2,3)18-12-13-5-6-15(14(17)11-13)20-9-7-19(4)8-10-20/h5-6,11,18H,7-10,12H2,1-4H3. The van der Waals surface area contributed by atoms with E-state index in [0.717, 1.165) is 32.7 Å². The molecule has 0 atom stereocenters. The Bertz CT molecular complexity index is 446. The molecule has 1 N–H and O–H groups in total. The van der Waals surface area contributed by atoms with Gasteiger partial charge in [-0.15, -0.1) is 0 Å². The van der Waals surface area contributed by atoms with Crippen molar-refractivity contribution in [3.8, 4) is 0 Å². The molecule has 3 nitrogen and oxygen atoms in total. The molecule has 2 rings (SSSR count). The Morgan fingerprint density at radius 1 is 1.15 bits per heavy atom. The van der Waals surface area contributed by atoms with Crippen molar-refractivity contribution in [2.45, 2.75) is 32.9 Å². The third kappa shape index (κ3) is 4.47. The normalized spacial score (nSPS) is 17.6. The van der Waals surface area contributed by atoms with Gasteiger partial charge in [0.1, 0.15) is 0 Å². The zero-order valence-corrected chi connectivity index (χ0v) is 14.6. The molecule has 0 aliphatic carbocycles. The maximum atomic E-state index is 3.74. The first-order valence-electron chi connectivity index (χ1n) is 7.32. The summed E-state index contributed by atoms with van der Waals surface area (Å²) >= 11 is 3.74. The molecule has 1 saturated heterocycles. The van der Waals surface area contributed by atoms with Crippen LogP contribution in [0.1, 0.15) is 26.3 Å². The Morgan fingerprint density at radius 2 is 1.80 bits per heavy atom. The number of hydrogen-bond acceptors (Lipinski definition) is 3. The van der Waals surface area contributed by atoms with Crippen LogP contribution in [0, 0.1) is 0 Å². The van der Waals surface area contributed by atoms with E-state index < -0.39 is 0 Å². The summed E-state index contributed by atoms with van der Waals surface area (Å²) in [5, 5.41) is 3.53. The lowest BCUT2D eigenvalue weighted by atomic mass is 10.1. The molecule has 0 aromatic heterocycles. The third-order valence-corrected chi connectivity index (χ3v) is 4.31. The molecule has 1 aromatic rings. The lowest BCUT2D eigenvalue weighted by molar-refractivity contribution is 0.312. The molecule has 1 heterocycles. The summed E-state index contributed by atoms with van der Waals surface area (Å²) < 4.78 is 1.20. The number of hydrogen-bond donors (Lipinski definition) is 1. The molecule has 1 aliphatic heterocycles. The quantitative estimate of drug-likeness (QED) is 0.912. The van der Waals surface area contributed by atoms with Crippen molar-refractivity contribution in [3.05, 3.63) is 28.2 Å². The van der Waals surface area contributed by atoms with Gasteiger partial charge < -0.3 is 15.1 Å². The molecule has 0 amide bonds.